The van der Waals surface area contributed by atoms with Crippen LogP contribution in [0.1, 0.15) is 42.0 Å². The van der Waals surface area contributed by atoms with Gasteiger partial charge < -0.3 is 14.9 Å². The highest BCUT2D eigenvalue weighted by Gasteiger charge is 2.13. The number of thiazole rings is 1. The van der Waals surface area contributed by atoms with Crippen molar-refractivity contribution < 1.29 is 9.57 Å². The Labute approximate surface area is 211 Å². The van der Waals surface area contributed by atoms with E-state index in [4.69, 9.17) is 9.57 Å². The molecule has 0 aliphatic carbocycles. The highest BCUT2D eigenvalue weighted by Crippen LogP contribution is 2.24. The van der Waals surface area contributed by atoms with Crippen molar-refractivity contribution in [2.24, 2.45) is 15.1 Å². The summed E-state index contributed by atoms with van der Waals surface area (Å²) in [4.78, 5) is 28.2. The van der Waals surface area contributed by atoms with Gasteiger partial charge in [0.1, 0.15) is 10.8 Å². The monoisotopic (exact) mass is 495 g/mol. The van der Waals surface area contributed by atoms with Gasteiger partial charge in [-0.15, -0.1) is 11.3 Å². The van der Waals surface area contributed by atoms with Crippen LogP contribution in [0.25, 0.3) is 11.1 Å². The Morgan fingerprint density at radius 3 is 2.69 bits per heavy atom. The number of aliphatic imine (C=N–C) groups is 2. The third-order valence-electron chi connectivity index (χ3n) is 4.71. The van der Waals surface area contributed by atoms with Crippen LogP contribution in [0.2, 0.25) is 0 Å². The van der Waals surface area contributed by atoms with Crippen molar-refractivity contribution in [3.8, 4) is 6.01 Å². The molecule has 35 heavy (non-hydrogen) atoms. The van der Waals surface area contributed by atoms with Gasteiger partial charge in [-0.25, -0.2) is 9.97 Å². The fourth-order valence-electron chi connectivity index (χ4n) is 3.04. The number of allylic oxidation sites excluding steroid dienone is 4. The molecule has 0 fully saturated rings. The molecule has 0 aromatic carbocycles. The Bertz CT molecular complexity index is 1160. The van der Waals surface area contributed by atoms with E-state index in [1.165, 1.54) is 11.3 Å². The third kappa shape index (κ3) is 8.04. The first kappa shape index (κ1) is 27.7. The maximum absolute atomic E-state index is 5.56. The molecule has 9 nitrogen and oxygen atoms in total. The molecular weight excluding hydrogens is 462 g/mol. The lowest BCUT2D eigenvalue weighted by atomic mass is 10.1. The van der Waals surface area contributed by atoms with Crippen molar-refractivity contribution in [3.63, 3.8) is 0 Å². The molecule has 0 bridgehead atoms. The second-order valence-electron chi connectivity index (χ2n) is 7.47. The Morgan fingerprint density at radius 1 is 1.29 bits per heavy atom. The van der Waals surface area contributed by atoms with Crippen molar-refractivity contribution in [1.29, 1.82) is 0 Å². The number of hydrogen-bond donors (Lipinski definition) is 1. The molecule has 0 aliphatic heterocycles. The van der Waals surface area contributed by atoms with Gasteiger partial charge in [0.2, 0.25) is 0 Å². The minimum Gasteiger partial charge on any atom is -0.383 e. The van der Waals surface area contributed by atoms with Crippen LogP contribution >= 0.6 is 11.3 Å². The number of nitrogens with one attached hydrogen (secondary N) is 1. The molecule has 2 heterocycles. The summed E-state index contributed by atoms with van der Waals surface area (Å²) in [5.74, 6) is 0.685. The van der Waals surface area contributed by atoms with Crippen molar-refractivity contribution in [2.75, 3.05) is 27.8 Å². The number of ether oxygens (including phenoxy) is 1. The van der Waals surface area contributed by atoms with Gasteiger partial charge in [-0.1, -0.05) is 23.9 Å². The summed E-state index contributed by atoms with van der Waals surface area (Å²) < 4.78 is 5.18. The highest BCUT2D eigenvalue weighted by molar-refractivity contribution is 7.15. The standard InChI is InChI=1S/C25H33N7O2S/c1-9-19(13-22(27-7)29-16(3)15-33-8)21-11-12-28-25(31-21)34-32-18(5)23-17(4)30-24(35-23)20(10-2)14-26-6/h9-14,16H,1,15H2,2-8H3,(H,27,29)/b19-13+,20-10+,26-14?,32-18+. The first-order valence-corrected chi connectivity index (χ1v) is 11.9. The number of aromatic nitrogens is 3. The summed E-state index contributed by atoms with van der Waals surface area (Å²) in [5.41, 5.74) is 3.90. The van der Waals surface area contributed by atoms with Gasteiger partial charge in [-0.2, -0.15) is 4.98 Å². The second kappa shape index (κ2) is 14.0. The van der Waals surface area contributed by atoms with E-state index in [1.807, 2.05) is 39.8 Å². The first-order chi connectivity index (χ1) is 16.9. The van der Waals surface area contributed by atoms with Gasteiger partial charge in [0.15, 0.2) is 0 Å². The molecule has 2 aromatic heterocycles. The van der Waals surface area contributed by atoms with E-state index in [0.717, 1.165) is 26.7 Å². The SMILES string of the molecule is C=C/C(=C\C(=NC)NC(C)COC)c1ccnc(O/N=C(\C)c2sc(/C(C=NC)=C/C)nc2C)n1. The zero-order valence-corrected chi connectivity index (χ0v) is 22.2. The normalized spacial score (nSPS) is 14.4. The Kier molecular flexibility index (Phi) is 11.1. The van der Waals surface area contributed by atoms with Gasteiger partial charge in [-0.3, -0.25) is 9.98 Å². The third-order valence-corrected chi connectivity index (χ3v) is 6.02. The number of amidine groups is 1. The molecule has 1 unspecified atom stereocenters. The van der Waals surface area contributed by atoms with Gasteiger partial charge >= 0.3 is 6.01 Å². The quantitative estimate of drug-likeness (QED) is 0.215. The fraction of sp³-hybridized carbons (Fsp3) is 0.360. The van der Waals surface area contributed by atoms with E-state index in [-0.39, 0.29) is 12.1 Å². The molecule has 0 amide bonds. The summed E-state index contributed by atoms with van der Waals surface area (Å²) in [5, 5.41) is 8.41. The van der Waals surface area contributed by atoms with Gasteiger partial charge in [-0.05, 0) is 39.8 Å². The molecule has 1 N–H and O–H groups in total. The predicted octanol–water partition coefficient (Wildman–Crippen LogP) is 4.37. The first-order valence-electron chi connectivity index (χ1n) is 11.0. The number of nitrogens with zero attached hydrogens (tertiary/aromatic N) is 6. The van der Waals surface area contributed by atoms with Crippen LogP contribution in [-0.4, -0.2) is 66.6 Å². The van der Waals surface area contributed by atoms with Crippen LogP contribution in [0.4, 0.5) is 0 Å². The van der Waals surface area contributed by atoms with Crippen molar-refractivity contribution in [3.05, 3.63) is 58.3 Å². The molecule has 186 valence electrons. The van der Waals surface area contributed by atoms with Crippen molar-refractivity contribution in [1.82, 2.24) is 20.3 Å². The Morgan fingerprint density at radius 2 is 2.06 bits per heavy atom. The molecular formula is C25H33N7O2S. The van der Waals surface area contributed by atoms with Gasteiger partial charge in [0.25, 0.3) is 0 Å². The lowest BCUT2D eigenvalue weighted by Gasteiger charge is -2.14. The van der Waals surface area contributed by atoms with Crippen LogP contribution in [0.15, 0.2) is 52.2 Å². The van der Waals surface area contributed by atoms with Crippen molar-refractivity contribution >= 4 is 40.2 Å². The zero-order chi connectivity index (χ0) is 25.8. The van der Waals surface area contributed by atoms with E-state index in [9.17, 15) is 0 Å². The Hall–Kier alpha value is -3.50. The summed E-state index contributed by atoms with van der Waals surface area (Å²) in [6.07, 6.45) is 8.94. The molecule has 2 aromatic rings. The van der Waals surface area contributed by atoms with E-state index in [0.29, 0.717) is 23.8 Å². The molecule has 1 atom stereocenters. The van der Waals surface area contributed by atoms with Crippen LogP contribution in [0, 0.1) is 6.92 Å². The van der Waals surface area contributed by atoms with Gasteiger partial charge in [0.05, 0.1) is 28.6 Å². The molecule has 0 saturated heterocycles. The lowest BCUT2D eigenvalue weighted by molar-refractivity contribution is 0.179. The largest absolute Gasteiger partial charge is 0.383 e. The van der Waals surface area contributed by atoms with Crippen LogP contribution < -0.4 is 10.2 Å². The second-order valence-corrected chi connectivity index (χ2v) is 8.47. The zero-order valence-electron chi connectivity index (χ0n) is 21.4. The van der Waals surface area contributed by atoms with Crippen LogP contribution in [0.5, 0.6) is 6.01 Å². The average molecular weight is 496 g/mol. The Balaban J connectivity index is 2.24. The molecule has 0 spiro atoms. The molecule has 0 aliphatic rings. The molecule has 0 radical (unpaired) electrons. The fourth-order valence-corrected chi connectivity index (χ4v) is 4.09. The molecule has 0 saturated carbocycles. The summed E-state index contributed by atoms with van der Waals surface area (Å²) >= 11 is 1.53. The minimum absolute atomic E-state index is 0.0940. The summed E-state index contributed by atoms with van der Waals surface area (Å²) in [7, 11) is 5.11. The van der Waals surface area contributed by atoms with Gasteiger partial charge in [0, 0.05) is 50.8 Å². The average Bonchev–Trinajstić information content (AvgIpc) is 3.25. The number of aryl methyl sites for hydroxylation is 1. The highest BCUT2D eigenvalue weighted by atomic mass is 32.1. The number of methoxy groups -OCH3 is 1. The van der Waals surface area contributed by atoms with E-state index < -0.39 is 0 Å². The van der Waals surface area contributed by atoms with Crippen LogP contribution in [-0.2, 0) is 4.74 Å². The van der Waals surface area contributed by atoms with Crippen molar-refractivity contribution in [2.45, 2.75) is 33.7 Å². The number of oxime groups is 1. The minimum atomic E-state index is 0.0940. The number of rotatable bonds is 11. The van der Waals surface area contributed by atoms with Crippen LogP contribution in [0.3, 0.4) is 0 Å². The maximum atomic E-state index is 5.56. The number of hydrogen-bond acceptors (Lipinski definition) is 9. The lowest BCUT2D eigenvalue weighted by Crippen LogP contribution is -2.34. The smallest absolute Gasteiger partial charge is 0.346 e. The van der Waals surface area contributed by atoms with E-state index in [2.05, 4.69) is 42.0 Å². The molecule has 10 heteroatoms. The summed E-state index contributed by atoms with van der Waals surface area (Å²) in [6.45, 7) is 12.2. The topological polar surface area (TPSA) is 106 Å². The van der Waals surface area contributed by atoms with E-state index in [1.54, 1.807) is 45.8 Å². The molecule has 2 rings (SSSR count). The summed E-state index contributed by atoms with van der Waals surface area (Å²) in [6, 6.07) is 1.99. The maximum Gasteiger partial charge on any atom is 0.346 e. The predicted molar refractivity (Wildman–Crippen MR) is 146 cm³/mol. The van der Waals surface area contributed by atoms with E-state index >= 15 is 0 Å².